The molecule has 1 saturated heterocycles. The number of amides is 1. The molecule has 2 aromatic rings. The molecule has 1 heterocycles. The first-order valence-corrected chi connectivity index (χ1v) is 9.59. The minimum Gasteiger partial charge on any atom is -0.497 e. The van der Waals surface area contributed by atoms with E-state index in [1.54, 1.807) is 32.4 Å². The van der Waals surface area contributed by atoms with Crippen LogP contribution in [0.2, 0.25) is 0 Å². The molecule has 3 N–H and O–H groups in total. The van der Waals surface area contributed by atoms with Crippen molar-refractivity contribution in [1.82, 2.24) is 4.90 Å². The molecule has 6 nitrogen and oxygen atoms in total. The Morgan fingerprint density at radius 3 is 2.52 bits per heavy atom. The number of hydrogen-bond donors (Lipinski definition) is 2. The van der Waals surface area contributed by atoms with Crippen LogP contribution in [-0.2, 0) is 4.79 Å². The fourth-order valence-corrected chi connectivity index (χ4v) is 3.84. The van der Waals surface area contributed by atoms with Crippen LogP contribution in [0.4, 0.5) is 5.69 Å². The molecule has 3 rings (SSSR count). The molecular formula is C22H30ClN3O3. The van der Waals surface area contributed by atoms with Gasteiger partial charge < -0.3 is 20.5 Å². The average molecular weight is 420 g/mol. The van der Waals surface area contributed by atoms with Crippen LogP contribution in [0.15, 0.2) is 48.5 Å². The molecule has 3 atom stereocenters. The second-order valence-electron chi connectivity index (χ2n) is 7.20. The molecule has 0 aromatic heterocycles. The van der Waals surface area contributed by atoms with Crippen LogP contribution in [0.25, 0.3) is 0 Å². The van der Waals surface area contributed by atoms with Gasteiger partial charge in [0.25, 0.3) is 0 Å². The number of halogens is 1. The normalized spacial score (nSPS) is 19.9. The molecule has 1 aliphatic rings. The molecule has 0 bridgehead atoms. The van der Waals surface area contributed by atoms with Gasteiger partial charge >= 0.3 is 0 Å². The second kappa shape index (κ2) is 10.5. The number of nitrogens with one attached hydrogen (secondary N) is 1. The van der Waals surface area contributed by atoms with E-state index in [1.165, 1.54) is 5.56 Å². The molecule has 0 aliphatic carbocycles. The van der Waals surface area contributed by atoms with E-state index in [1.807, 2.05) is 13.0 Å². The van der Waals surface area contributed by atoms with Crippen LogP contribution in [0.1, 0.15) is 18.4 Å². The van der Waals surface area contributed by atoms with Crippen molar-refractivity contribution in [3.63, 3.8) is 0 Å². The van der Waals surface area contributed by atoms with Gasteiger partial charge in [0.1, 0.15) is 11.5 Å². The summed E-state index contributed by atoms with van der Waals surface area (Å²) in [4.78, 5) is 15.1. The Hall–Kier alpha value is -2.28. The highest BCUT2D eigenvalue weighted by atomic mass is 35.5. The lowest BCUT2D eigenvalue weighted by Crippen LogP contribution is -2.41. The smallest absolute Gasteiger partial charge is 0.241 e. The van der Waals surface area contributed by atoms with E-state index in [2.05, 4.69) is 34.5 Å². The van der Waals surface area contributed by atoms with E-state index in [0.29, 0.717) is 35.6 Å². The second-order valence-corrected chi connectivity index (χ2v) is 7.20. The summed E-state index contributed by atoms with van der Waals surface area (Å²) in [5.74, 6) is 1.88. The number of carbonyl (C=O) groups is 1. The lowest BCUT2D eigenvalue weighted by molar-refractivity contribution is -0.120. The minimum atomic E-state index is -0.269. The molecule has 0 spiro atoms. The molecule has 0 radical (unpaired) electrons. The van der Waals surface area contributed by atoms with Gasteiger partial charge in [0.2, 0.25) is 5.91 Å². The maximum Gasteiger partial charge on any atom is 0.241 e. The summed E-state index contributed by atoms with van der Waals surface area (Å²) in [5, 5.41) is 2.98. The summed E-state index contributed by atoms with van der Waals surface area (Å²) in [6.45, 7) is 4.17. The minimum absolute atomic E-state index is 0. The van der Waals surface area contributed by atoms with Gasteiger partial charge in [-0.25, -0.2) is 0 Å². The number of hydrogen-bond acceptors (Lipinski definition) is 5. The third kappa shape index (κ3) is 5.21. The van der Waals surface area contributed by atoms with E-state index in [-0.39, 0.29) is 24.4 Å². The number of carbonyl (C=O) groups excluding carboxylic acids is 1. The zero-order valence-corrected chi connectivity index (χ0v) is 17.9. The molecule has 158 valence electrons. The lowest BCUT2D eigenvalue weighted by atomic mass is 9.89. The zero-order valence-electron chi connectivity index (χ0n) is 17.1. The number of nitrogens with two attached hydrogens (primary N) is 1. The van der Waals surface area contributed by atoms with Crippen LogP contribution >= 0.6 is 12.4 Å². The van der Waals surface area contributed by atoms with Crippen molar-refractivity contribution >= 4 is 24.0 Å². The molecule has 1 amide bonds. The van der Waals surface area contributed by atoms with E-state index in [4.69, 9.17) is 15.2 Å². The maximum atomic E-state index is 12.9. The Morgan fingerprint density at radius 2 is 1.90 bits per heavy atom. The number of benzene rings is 2. The SMILES string of the molecule is COc1ccc(NC(=O)C(C)N2C[C@@H](CN)[C@H](c3ccccc3)C2)c(OC)c1.Cl. The van der Waals surface area contributed by atoms with Gasteiger partial charge in [0.05, 0.1) is 25.9 Å². The van der Waals surface area contributed by atoms with Crippen LogP contribution in [0.3, 0.4) is 0 Å². The first-order chi connectivity index (χ1) is 13.6. The standard InChI is InChI=1S/C22H29N3O3.ClH/c1-15(22(26)24-20-10-9-18(27-2)11-21(20)28-3)25-13-17(12-23)19(14-25)16-7-5-4-6-8-16;/h4-11,15,17,19H,12-14,23H2,1-3H3,(H,24,26);1H/t15?,17-,19+;/m1./s1. The van der Waals surface area contributed by atoms with E-state index < -0.39 is 0 Å². The summed E-state index contributed by atoms with van der Waals surface area (Å²) >= 11 is 0. The maximum absolute atomic E-state index is 12.9. The van der Waals surface area contributed by atoms with Crippen molar-refractivity contribution < 1.29 is 14.3 Å². The molecule has 0 saturated carbocycles. The van der Waals surface area contributed by atoms with E-state index in [9.17, 15) is 4.79 Å². The topological polar surface area (TPSA) is 76.8 Å². The van der Waals surface area contributed by atoms with Gasteiger partial charge in [-0.05, 0) is 37.1 Å². The van der Waals surface area contributed by atoms with Crippen molar-refractivity contribution in [3.05, 3.63) is 54.1 Å². The molecule has 1 unspecified atom stereocenters. The Bertz CT molecular complexity index is 803. The van der Waals surface area contributed by atoms with E-state index in [0.717, 1.165) is 13.1 Å². The average Bonchev–Trinajstić information content (AvgIpc) is 3.18. The van der Waals surface area contributed by atoms with Crippen LogP contribution in [0, 0.1) is 5.92 Å². The molecule has 29 heavy (non-hydrogen) atoms. The zero-order chi connectivity index (χ0) is 20.1. The van der Waals surface area contributed by atoms with Crippen molar-refractivity contribution in [2.24, 2.45) is 11.7 Å². The summed E-state index contributed by atoms with van der Waals surface area (Å²) in [5.41, 5.74) is 7.95. The molecule has 7 heteroatoms. The van der Waals surface area contributed by atoms with Crippen molar-refractivity contribution in [3.8, 4) is 11.5 Å². The highest BCUT2D eigenvalue weighted by Gasteiger charge is 2.37. The first kappa shape index (κ1) is 23.0. The number of methoxy groups -OCH3 is 2. The molecule has 1 aliphatic heterocycles. The Morgan fingerprint density at radius 1 is 1.17 bits per heavy atom. The largest absolute Gasteiger partial charge is 0.497 e. The van der Waals surface area contributed by atoms with E-state index >= 15 is 0 Å². The molecule has 2 aromatic carbocycles. The fraction of sp³-hybridized carbons (Fsp3) is 0.409. The number of rotatable bonds is 7. The van der Waals surface area contributed by atoms with Gasteiger partial charge in [-0.2, -0.15) is 0 Å². The van der Waals surface area contributed by atoms with Crippen molar-refractivity contribution in [2.75, 3.05) is 39.2 Å². The monoisotopic (exact) mass is 419 g/mol. The number of nitrogens with zero attached hydrogens (tertiary/aromatic N) is 1. The number of ether oxygens (including phenoxy) is 2. The summed E-state index contributed by atoms with van der Waals surface area (Å²) in [7, 11) is 3.17. The van der Waals surface area contributed by atoms with Gasteiger partial charge in [0.15, 0.2) is 0 Å². The Balaban J connectivity index is 0.00000300. The lowest BCUT2D eigenvalue weighted by Gasteiger charge is -2.24. The number of anilines is 1. The highest BCUT2D eigenvalue weighted by Crippen LogP contribution is 2.34. The first-order valence-electron chi connectivity index (χ1n) is 9.59. The van der Waals surface area contributed by atoms with Gasteiger partial charge in [0, 0.05) is 25.1 Å². The third-order valence-corrected chi connectivity index (χ3v) is 5.59. The predicted molar refractivity (Wildman–Crippen MR) is 118 cm³/mol. The van der Waals surface area contributed by atoms with Gasteiger partial charge in [-0.3, -0.25) is 9.69 Å². The van der Waals surface area contributed by atoms with Gasteiger partial charge in [-0.1, -0.05) is 30.3 Å². The fourth-order valence-electron chi connectivity index (χ4n) is 3.84. The number of likely N-dealkylation sites (tertiary alicyclic amines) is 1. The summed E-state index contributed by atoms with van der Waals surface area (Å²) in [6, 6.07) is 15.5. The Kier molecular flexibility index (Phi) is 8.32. The van der Waals surface area contributed by atoms with Crippen LogP contribution in [0.5, 0.6) is 11.5 Å². The van der Waals surface area contributed by atoms with Crippen LogP contribution in [-0.4, -0.2) is 50.7 Å². The van der Waals surface area contributed by atoms with Crippen molar-refractivity contribution in [1.29, 1.82) is 0 Å². The predicted octanol–water partition coefficient (Wildman–Crippen LogP) is 3.13. The third-order valence-electron chi connectivity index (χ3n) is 5.59. The van der Waals surface area contributed by atoms with Crippen molar-refractivity contribution in [2.45, 2.75) is 18.9 Å². The summed E-state index contributed by atoms with van der Waals surface area (Å²) in [6.07, 6.45) is 0. The Labute approximate surface area is 178 Å². The summed E-state index contributed by atoms with van der Waals surface area (Å²) < 4.78 is 10.6. The molecule has 1 fully saturated rings. The van der Waals surface area contributed by atoms with Gasteiger partial charge in [-0.15, -0.1) is 12.4 Å². The highest BCUT2D eigenvalue weighted by molar-refractivity contribution is 5.96. The molecular weight excluding hydrogens is 390 g/mol. The quantitative estimate of drug-likeness (QED) is 0.721. The van der Waals surface area contributed by atoms with Crippen LogP contribution < -0.4 is 20.5 Å².